The first-order valence-electron chi connectivity index (χ1n) is 8.52. The van der Waals surface area contributed by atoms with Crippen molar-refractivity contribution < 1.29 is 9.32 Å². The molecule has 1 saturated heterocycles. The molecule has 2 N–H and O–H groups in total. The second kappa shape index (κ2) is 6.02. The van der Waals surface area contributed by atoms with Gasteiger partial charge in [-0.3, -0.25) is 4.79 Å². The van der Waals surface area contributed by atoms with E-state index in [2.05, 4.69) is 20.8 Å². The Balaban J connectivity index is 1.36. The van der Waals surface area contributed by atoms with Crippen molar-refractivity contribution in [3.05, 3.63) is 47.1 Å². The largest absolute Gasteiger partial charge is 0.352 e. The Hall–Kier alpha value is -2.21. The van der Waals surface area contributed by atoms with Crippen LogP contribution < -0.4 is 10.6 Å². The Labute approximate surface area is 141 Å². The standard InChI is InChI=1S/C18H22N4O2/c1-12-4-2-3-5-13(12)9-20-16(23)8-15-21-17(24-22-15)18-7-6-14(18)10-19-11-18/h2-5,14,19H,6-11H2,1H3,(H,20,23)/t14-,18-/m0/s1. The highest BCUT2D eigenvalue weighted by atomic mass is 16.5. The molecule has 1 amide bonds. The lowest BCUT2D eigenvalue weighted by molar-refractivity contribution is -0.120. The molecule has 1 aliphatic carbocycles. The maximum Gasteiger partial charge on any atom is 0.234 e. The Bertz CT molecular complexity index is 757. The molecule has 0 unspecified atom stereocenters. The molecular weight excluding hydrogens is 304 g/mol. The molecule has 0 spiro atoms. The highest BCUT2D eigenvalue weighted by Crippen LogP contribution is 2.50. The molecule has 126 valence electrons. The fraction of sp³-hybridized carbons (Fsp3) is 0.500. The van der Waals surface area contributed by atoms with Crippen LogP contribution in [0, 0.1) is 12.8 Å². The number of carbonyl (C=O) groups is 1. The molecule has 2 aliphatic rings. The van der Waals surface area contributed by atoms with Crippen LogP contribution in [0.3, 0.4) is 0 Å². The van der Waals surface area contributed by atoms with Crippen molar-refractivity contribution in [2.24, 2.45) is 5.92 Å². The van der Waals surface area contributed by atoms with Gasteiger partial charge in [-0.25, -0.2) is 0 Å². The summed E-state index contributed by atoms with van der Waals surface area (Å²) >= 11 is 0. The minimum atomic E-state index is -0.0854. The predicted molar refractivity (Wildman–Crippen MR) is 88.3 cm³/mol. The van der Waals surface area contributed by atoms with E-state index >= 15 is 0 Å². The summed E-state index contributed by atoms with van der Waals surface area (Å²) in [5.41, 5.74) is 2.31. The molecule has 2 heterocycles. The lowest BCUT2D eigenvalue weighted by Crippen LogP contribution is -2.44. The summed E-state index contributed by atoms with van der Waals surface area (Å²) in [5.74, 6) is 1.68. The highest BCUT2D eigenvalue weighted by Gasteiger charge is 2.54. The lowest BCUT2D eigenvalue weighted by Gasteiger charge is -2.40. The Kier molecular flexibility index (Phi) is 3.84. The van der Waals surface area contributed by atoms with Crippen molar-refractivity contribution in [1.82, 2.24) is 20.8 Å². The summed E-state index contributed by atoms with van der Waals surface area (Å²) in [4.78, 5) is 16.6. The van der Waals surface area contributed by atoms with Crippen molar-refractivity contribution in [2.45, 2.75) is 38.1 Å². The first kappa shape index (κ1) is 15.3. The summed E-state index contributed by atoms with van der Waals surface area (Å²) in [7, 11) is 0. The number of aromatic nitrogens is 2. The van der Waals surface area contributed by atoms with E-state index in [1.807, 2.05) is 31.2 Å². The van der Waals surface area contributed by atoms with E-state index in [-0.39, 0.29) is 17.7 Å². The van der Waals surface area contributed by atoms with Crippen LogP contribution in [0.4, 0.5) is 0 Å². The van der Waals surface area contributed by atoms with E-state index in [0.717, 1.165) is 25.1 Å². The van der Waals surface area contributed by atoms with Crippen LogP contribution in [0.5, 0.6) is 0 Å². The van der Waals surface area contributed by atoms with Gasteiger partial charge in [0.05, 0.1) is 11.8 Å². The Morgan fingerprint density at radius 3 is 3.08 bits per heavy atom. The Morgan fingerprint density at radius 2 is 2.33 bits per heavy atom. The predicted octanol–water partition coefficient (Wildman–Crippen LogP) is 1.49. The minimum absolute atomic E-state index is 0.0167. The number of hydrogen-bond acceptors (Lipinski definition) is 5. The normalized spacial score (nSPS) is 25.1. The number of aryl methyl sites for hydroxylation is 1. The van der Waals surface area contributed by atoms with Crippen LogP contribution in [0.15, 0.2) is 28.8 Å². The zero-order valence-electron chi connectivity index (χ0n) is 13.8. The molecule has 2 fully saturated rings. The number of carbonyl (C=O) groups excluding carboxylic acids is 1. The number of benzene rings is 1. The molecule has 2 atom stereocenters. The molecule has 24 heavy (non-hydrogen) atoms. The number of hydrogen-bond donors (Lipinski definition) is 2. The number of rotatable bonds is 5. The second-order valence-electron chi connectivity index (χ2n) is 6.92. The second-order valence-corrected chi connectivity index (χ2v) is 6.92. The monoisotopic (exact) mass is 326 g/mol. The van der Waals surface area contributed by atoms with E-state index in [4.69, 9.17) is 4.52 Å². The third-order valence-electron chi connectivity index (χ3n) is 5.50. The number of fused-ring (bicyclic) bond motifs is 1. The molecule has 2 aromatic rings. The summed E-state index contributed by atoms with van der Waals surface area (Å²) in [6.07, 6.45) is 2.46. The van der Waals surface area contributed by atoms with Crippen molar-refractivity contribution in [1.29, 1.82) is 0 Å². The van der Waals surface area contributed by atoms with Gasteiger partial charge in [-0.1, -0.05) is 29.4 Å². The smallest absolute Gasteiger partial charge is 0.234 e. The van der Waals surface area contributed by atoms with Crippen molar-refractivity contribution in [3.8, 4) is 0 Å². The average Bonchev–Trinajstić information content (AvgIpc) is 3.12. The van der Waals surface area contributed by atoms with E-state index in [1.165, 1.54) is 12.0 Å². The van der Waals surface area contributed by atoms with Gasteiger partial charge in [0, 0.05) is 13.1 Å². The molecular formula is C18H22N4O2. The molecule has 4 rings (SSSR count). The van der Waals surface area contributed by atoms with Crippen LogP contribution in [0.25, 0.3) is 0 Å². The lowest BCUT2D eigenvalue weighted by atomic mass is 9.62. The zero-order valence-corrected chi connectivity index (χ0v) is 13.8. The van der Waals surface area contributed by atoms with Gasteiger partial charge >= 0.3 is 0 Å². The summed E-state index contributed by atoms with van der Waals surface area (Å²) in [5, 5.41) is 10.3. The average molecular weight is 326 g/mol. The van der Waals surface area contributed by atoms with Gasteiger partial charge in [0.2, 0.25) is 11.8 Å². The molecule has 1 aliphatic heterocycles. The van der Waals surface area contributed by atoms with Crippen molar-refractivity contribution in [3.63, 3.8) is 0 Å². The molecule has 0 bridgehead atoms. The molecule has 0 radical (unpaired) electrons. The zero-order chi connectivity index (χ0) is 16.6. The fourth-order valence-corrected chi connectivity index (χ4v) is 3.79. The highest BCUT2D eigenvalue weighted by molar-refractivity contribution is 5.77. The summed E-state index contributed by atoms with van der Waals surface area (Å²) in [6.45, 7) is 4.48. The first-order valence-corrected chi connectivity index (χ1v) is 8.52. The van der Waals surface area contributed by atoms with Crippen LogP contribution in [0.2, 0.25) is 0 Å². The number of nitrogens with one attached hydrogen (secondary N) is 2. The topological polar surface area (TPSA) is 80.0 Å². The quantitative estimate of drug-likeness (QED) is 0.870. The van der Waals surface area contributed by atoms with Crippen LogP contribution in [-0.4, -0.2) is 29.1 Å². The van der Waals surface area contributed by atoms with Gasteiger partial charge < -0.3 is 15.2 Å². The SMILES string of the molecule is Cc1ccccc1CNC(=O)Cc1noc([C@]23CC[C@H]2CNC3)n1. The van der Waals surface area contributed by atoms with Crippen LogP contribution in [0.1, 0.15) is 35.7 Å². The molecule has 6 heteroatoms. The van der Waals surface area contributed by atoms with Crippen LogP contribution >= 0.6 is 0 Å². The van der Waals surface area contributed by atoms with Gasteiger partial charge in [0.1, 0.15) is 0 Å². The van der Waals surface area contributed by atoms with Gasteiger partial charge in [-0.05, 0) is 43.4 Å². The third kappa shape index (κ3) is 2.60. The molecule has 1 aromatic heterocycles. The first-order chi connectivity index (χ1) is 11.7. The molecule has 1 aromatic carbocycles. The van der Waals surface area contributed by atoms with E-state index < -0.39 is 0 Å². The van der Waals surface area contributed by atoms with Gasteiger partial charge in [0.15, 0.2) is 5.82 Å². The molecule has 1 saturated carbocycles. The van der Waals surface area contributed by atoms with E-state index in [9.17, 15) is 4.79 Å². The maximum atomic E-state index is 12.1. The number of nitrogens with zero attached hydrogens (tertiary/aromatic N) is 2. The van der Waals surface area contributed by atoms with Crippen LogP contribution in [-0.2, 0) is 23.2 Å². The minimum Gasteiger partial charge on any atom is -0.352 e. The van der Waals surface area contributed by atoms with Crippen molar-refractivity contribution >= 4 is 5.91 Å². The van der Waals surface area contributed by atoms with Gasteiger partial charge in [-0.2, -0.15) is 4.98 Å². The third-order valence-corrected chi connectivity index (χ3v) is 5.50. The summed E-state index contributed by atoms with van der Waals surface area (Å²) < 4.78 is 5.47. The van der Waals surface area contributed by atoms with Gasteiger partial charge in [-0.15, -0.1) is 0 Å². The van der Waals surface area contributed by atoms with Crippen molar-refractivity contribution in [2.75, 3.05) is 13.1 Å². The maximum absolute atomic E-state index is 12.1. The Morgan fingerprint density at radius 1 is 1.46 bits per heavy atom. The van der Waals surface area contributed by atoms with Gasteiger partial charge in [0.25, 0.3) is 0 Å². The summed E-state index contributed by atoms with van der Waals surface area (Å²) in [6, 6.07) is 8.03. The number of amides is 1. The fourth-order valence-electron chi connectivity index (χ4n) is 3.79. The molecule has 6 nitrogen and oxygen atoms in total. The van der Waals surface area contributed by atoms with E-state index in [1.54, 1.807) is 0 Å². The van der Waals surface area contributed by atoms with E-state index in [0.29, 0.717) is 24.2 Å².